The molecule has 0 saturated heterocycles. The zero-order valence-electron chi connectivity index (χ0n) is 8.20. The van der Waals surface area contributed by atoms with E-state index in [0.29, 0.717) is 11.3 Å². The van der Waals surface area contributed by atoms with E-state index in [0.717, 1.165) is 0 Å². The highest BCUT2D eigenvalue weighted by Gasteiger charge is 2.11. The molecule has 0 aliphatic heterocycles. The first-order chi connectivity index (χ1) is 7.21. The molecule has 0 unspecified atom stereocenters. The van der Waals surface area contributed by atoms with Crippen LogP contribution in [0.3, 0.4) is 0 Å². The summed E-state index contributed by atoms with van der Waals surface area (Å²) in [7, 11) is 1.45. The molecule has 0 spiro atoms. The highest BCUT2D eigenvalue weighted by molar-refractivity contribution is 5.30. The van der Waals surface area contributed by atoms with Crippen LogP contribution >= 0.6 is 0 Å². The predicted octanol–water partition coefficient (Wildman–Crippen LogP) is 2.04. The molecule has 0 heterocycles. The average Bonchev–Trinajstić information content (AvgIpc) is 2.27. The van der Waals surface area contributed by atoms with E-state index in [1.807, 2.05) is 0 Å². The Morgan fingerprint density at radius 2 is 2.07 bits per heavy atom. The van der Waals surface area contributed by atoms with Gasteiger partial charge in [0.2, 0.25) is 0 Å². The van der Waals surface area contributed by atoms with Crippen molar-refractivity contribution in [3.05, 3.63) is 29.6 Å². The minimum atomic E-state index is -0.812. The zero-order chi connectivity index (χ0) is 11.3. The molecule has 0 aromatic heterocycles. The summed E-state index contributed by atoms with van der Waals surface area (Å²) < 4.78 is 18.2. The number of nitrogens with zero attached hydrogens (tertiary/aromatic N) is 2. The maximum atomic E-state index is 13.4. The van der Waals surface area contributed by atoms with Crippen LogP contribution < -0.4 is 4.74 Å². The van der Waals surface area contributed by atoms with Gasteiger partial charge in [0.15, 0.2) is 0 Å². The van der Waals surface area contributed by atoms with Gasteiger partial charge in [-0.05, 0) is 11.6 Å². The summed E-state index contributed by atoms with van der Waals surface area (Å²) in [6, 6.07) is 7.96. The van der Waals surface area contributed by atoms with Gasteiger partial charge in [-0.15, -0.1) is 0 Å². The third-order valence-electron chi connectivity index (χ3n) is 2.00. The second kappa shape index (κ2) is 4.97. The first-order valence-electron chi connectivity index (χ1n) is 4.33. The summed E-state index contributed by atoms with van der Waals surface area (Å²) in [4.78, 5) is 0. The highest BCUT2D eigenvalue weighted by Crippen LogP contribution is 2.18. The van der Waals surface area contributed by atoms with Crippen molar-refractivity contribution in [1.82, 2.24) is 0 Å². The minimum absolute atomic E-state index is 0.100. The van der Waals surface area contributed by atoms with E-state index in [4.69, 9.17) is 15.3 Å². The van der Waals surface area contributed by atoms with Gasteiger partial charge in [-0.3, -0.25) is 0 Å². The maximum Gasteiger partial charge on any atom is 0.137 e. The Morgan fingerprint density at radius 3 is 2.53 bits per heavy atom. The second-order valence-corrected chi connectivity index (χ2v) is 2.97. The SMILES string of the molecule is COc1ccc(CC(C#N)C#N)c(F)c1. The first-order valence-corrected chi connectivity index (χ1v) is 4.33. The lowest BCUT2D eigenvalue weighted by Gasteiger charge is -2.05. The second-order valence-electron chi connectivity index (χ2n) is 2.97. The topological polar surface area (TPSA) is 56.8 Å². The minimum Gasteiger partial charge on any atom is -0.497 e. The van der Waals surface area contributed by atoms with Crippen molar-refractivity contribution in [2.45, 2.75) is 6.42 Å². The molecule has 1 aromatic rings. The summed E-state index contributed by atoms with van der Waals surface area (Å²) in [5.41, 5.74) is 0.351. The van der Waals surface area contributed by atoms with Gasteiger partial charge in [0, 0.05) is 12.5 Å². The molecule has 0 radical (unpaired) electrons. The van der Waals surface area contributed by atoms with Crippen LogP contribution in [-0.2, 0) is 6.42 Å². The van der Waals surface area contributed by atoms with Gasteiger partial charge >= 0.3 is 0 Å². The summed E-state index contributed by atoms with van der Waals surface area (Å²) in [6.45, 7) is 0. The van der Waals surface area contributed by atoms with Crippen molar-refractivity contribution in [1.29, 1.82) is 10.5 Å². The molecule has 0 saturated carbocycles. The Bertz CT molecular complexity index is 417. The van der Waals surface area contributed by atoms with Crippen LogP contribution in [0.15, 0.2) is 18.2 Å². The Hall–Kier alpha value is -2.07. The van der Waals surface area contributed by atoms with Gasteiger partial charge in [-0.2, -0.15) is 10.5 Å². The summed E-state index contributed by atoms with van der Waals surface area (Å²) in [6.07, 6.45) is 0.100. The monoisotopic (exact) mass is 204 g/mol. The average molecular weight is 204 g/mol. The van der Waals surface area contributed by atoms with Crippen LogP contribution in [0, 0.1) is 34.4 Å². The summed E-state index contributed by atoms with van der Waals surface area (Å²) >= 11 is 0. The number of benzene rings is 1. The van der Waals surface area contributed by atoms with Crippen molar-refractivity contribution in [3.63, 3.8) is 0 Å². The van der Waals surface area contributed by atoms with E-state index >= 15 is 0 Å². The third kappa shape index (κ3) is 2.69. The number of ether oxygens (including phenoxy) is 1. The molecule has 0 N–H and O–H groups in total. The molecule has 1 aromatic carbocycles. The Balaban J connectivity index is 2.89. The van der Waals surface area contributed by atoms with Crippen LogP contribution in [0.5, 0.6) is 5.75 Å². The van der Waals surface area contributed by atoms with Gasteiger partial charge in [-0.25, -0.2) is 4.39 Å². The van der Waals surface area contributed by atoms with Gasteiger partial charge < -0.3 is 4.74 Å². The summed E-state index contributed by atoms with van der Waals surface area (Å²) in [5.74, 6) is -0.848. The molecule has 0 fully saturated rings. The zero-order valence-corrected chi connectivity index (χ0v) is 8.20. The van der Waals surface area contributed by atoms with Gasteiger partial charge in [0.1, 0.15) is 17.5 Å². The molecule has 0 amide bonds. The van der Waals surface area contributed by atoms with Gasteiger partial charge in [0.05, 0.1) is 19.2 Å². The lowest BCUT2D eigenvalue weighted by atomic mass is 10.0. The summed E-state index contributed by atoms with van der Waals surface area (Å²) in [5, 5.41) is 17.1. The van der Waals surface area contributed by atoms with Crippen molar-refractivity contribution < 1.29 is 9.13 Å². The van der Waals surface area contributed by atoms with Crippen molar-refractivity contribution in [2.24, 2.45) is 5.92 Å². The molecule has 4 heteroatoms. The molecular formula is C11H9FN2O. The fourth-order valence-electron chi connectivity index (χ4n) is 1.16. The molecule has 3 nitrogen and oxygen atoms in total. The Labute approximate surface area is 87.3 Å². The van der Waals surface area contributed by atoms with E-state index in [1.165, 1.54) is 19.2 Å². The fraction of sp³-hybridized carbons (Fsp3) is 0.273. The van der Waals surface area contributed by atoms with Crippen LogP contribution in [-0.4, -0.2) is 7.11 Å². The molecule has 0 bridgehead atoms. The predicted molar refractivity (Wildman–Crippen MR) is 51.4 cm³/mol. The van der Waals surface area contributed by atoms with Gasteiger partial charge in [0.25, 0.3) is 0 Å². The van der Waals surface area contributed by atoms with E-state index in [2.05, 4.69) is 0 Å². The first kappa shape index (κ1) is 11.0. The lowest BCUT2D eigenvalue weighted by molar-refractivity contribution is 0.410. The fourth-order valence-corrected chi connectivity index (χ4v) is 1.16. The van der Waals surface area contributed by atoms with E-state index in [9.17, 15) is 4.39 Å². The highest BCUT2D eigenvalue weighted by atomic mass is 19.1. The van der Waals surface area contributed by atoms with Crippen LogP contribution in [0.2, 0.25) is 0 Å². The normalized spacial score (nSPS) is 9.40. The molecule has 0 aliphatic carbocycles. The standard InChI is InChI=1S/C11H9FN2O/c1-15-10-3-2-9(11(12)5-10)4-8(6-13)7-14/h2-3,5,8H,4H2,1H3. The molecule has 0 atom stereocenters. The molecule has 76 valence electrons. The van der Waals surface area contributed by atoms with Crippen molar-refractivity contribution >= 4 is 0 Å². The van der Waals surface area contributed by atoms with Crippen LogP contribution in [0.25, 0.3) is 0 Å². The van der Waals surface area contributed by atoms with E-state index in [1.54, 1.807) is 18.2 Å². The number of halogens is 1. The Morgan fingerprint density at radius 1 is 1.40 bits per heavy atom. The smallest absolute Gasteiger partial charge is 0.137 e. The van der Waals surface area contributed by atoms with Crippen molar-refractivity contribution in [3.8, 4) is 17.9 Å². The number of hydrogen-bond donors (Lipinski definition) is 0. The number of rotatable bonds is 3. The molecule has 15 heavy (non-hydrogen) atoms. The van der Waals surface area contributed by atoms with Crippen molar-refractivity contribution in [2.75, 3.05) is 7.11 Å². The lowest BCUT2D eigenvalue weighted by Crippen LogP contribution is -2.01. The van der Waals surface area contributed by atoms with Crippen LogP contribution in [0.1, 0.15) is 5.56 Å². The van der Waals surface area contributed by atoms with Crippen LogP contribution in [0.4, 0.5) is 4.39 Å². The number of nitriles is 2. The molecule has 1 rings (SSSR count). The number of methoxy groups -OCH3 is 1. The molecule has 0 aliphatic rings. The Kier molecular flexibility index (Phi) is 3.65. The maximum absolute atomic E-state index is 13.4. The third-order valence-corrected chi connectivity index (χ3v) is 2.00. The van der Waals surface area contributed by atoms with E-state index < -0.39 is 11.7 Å². The quantitative estimate of drug-likeness (QED) is 0.757. The molecular weight excluding hydrogens is 195 g/mol. The van der Waals surface area contributed by atoms with E-state index in [-0.39, 0.29) is 6.42 Å². The number of hydrogen-bond acceptors (Lipinski definition) is 3. The largest absolute Gasteiger partial charge is 0.497 e. The van der Waals surface area contributed by atoms with Gasteiger partial charge in [-0.1, -0.05) is 6.07 Å².